The first-order valence-corrected chi connectivity index (χ1v) is 6.05. The second kappa shape index (κ2) is 5.68. The number of rotatable bonds is 4. The van der Waals surface area contributed by atoms with E-state index in [4.69, 9.17) is 4.74 Å². The third-order valence-corrected chi connectivity index (χ3v) is 2.83. The molecule has 1 heterocycles. The van der Waals surface area contributed by atoms with Crippen LogP contribution >= 0.6 is 15.9 Å². The highest BCUT2D eigenvalue weighted by Gasteiger charge is 1.97. The zero-order chi connectivity index (χ0) is 12.1. The van der Waals surface area contributed by atoms with E-state index in [1.165, 1.54) is 5.56 Å². The zero-order valence-corrected chi connectivity index (χ0v) is 11.1. The molecule has 0 unspecified atom stereocenters. The van der Waals surface area contributed by atoms with Crippen LogP contribution in [0.5, 0.6) is 5.75 Å². The maximum atomic E-state index is 5.05. The highest BCUT2D eigenvalue weighted by Crippen LogP contribution is 2.14. The molecule has 2 aromatic rings. The average molecular weight is 293 g/mol. The van der Waals surface area contributed by atoms with Gasteiger partial charge in [0.2, 0.25) is 0 Å². The lowest BCUT2D eigenvalue weighted by molar-refractivity contribution is 0.413. The van der Waals surface area contributed by atoms with Crippen molar-refractivity contribution in [3.63, 3.8) is 0 Å². The van der Waals surface area contributed by atoms with Crippen LogP contribution in [0.15, 0.2) is 47.1 Å². The molecule has 0 aliphatic carbocycles. The smallest absolute Gasteiger partial charge is 0.137 e. The summed E-state index contributed by atoms with van der Waals surface area (Å²) >= 11 is 3.45. The fourth-order valence-electron chi connectivity index (χ4n) is 1.45. The molecule has 0 saturated heterocycles. The number of benzene rings is 1. The molecule has 3 nitrogen and oxygen atoms in total. The van der Waals surface area contributed by atoms with Gasteiger partial charge in [-0.15, -0.1) is 0 Å². The third-order valence-electron chi connectivity index (χ3n) is 2.33. The van der Waals surface area contributed by atoms with Crippen LogP contribution in [0, 0.1) is 0 Å². The van der Waals surface area contributed by atoms with Gasteiger partial charge in [0.15, 0.2) is 0 Å². The minimum atomic E-state index is 0.749. The average Bonchev–Trinajstić information content (AvgIpc) is 2.37. The summed E-state index contributed by atoms with van der Waals surface area (Å²) in [7, 11) is 1.63. The molecular weight excluding hydrogens is 280 g/mol. The molecular formula is C13H13BrN2O. The van der Waals surface area contributed by atoms with Crippen LogP contribution < -0.4 is 10.1 Å². The van der Waals surface area contributed by atoms with Crippen LogP contribution in [0.1, 0.15) is 5.56 Å². The minimum Gasteiger partial charge on any atom is -0.495 e. The molecule has 0 saturated carbocycles. The van der Waals surface area contributed by atoms with Crippen LogP contribution in [-0.2, 0) is 6.54 Å². The summed E-state index contributed by atoms with van der Waals surface area (Å²) in [6, 6.07) is 12.0. The lowest BCUT2D eigenvalue weighted by atomic mass is 10.2. The fourth-order valence-corrected chi connectivity index (χ4v) is 1.89. The number of aromatic nitrogens is 1. The predicted octanol–water partition coefficient (Wildman–Crippen LogP) is 3.46. The maximum absolute atomic E-state index is 5.05. The second-order valence-electron chi connectivity index (χ2n) is 3.57. The second-order valence-corrected chi connectivity index (χ2v) is 4.48. The third kappa shape index (κ3) is 3.46. The van der Waals surface area contributed by atoms with Gasteiger partial charge in [-0.1, -0.05) is 28.1 Å². The summed E-state index contributed by atoms with van der Waals surface area (Å²) in [6.07, 6.45) is 1.70. The van der Waals surface area contributed by atoms with E-state index in [0.717, 1.165) is 22.6 Å². The summed E-state index contributed by atoms with van der Waals surface area (Å²) in [5.41, 5.74) is 1.21. The Morgan fingerprint density at radius 3 is 2.82 bits per heavy atom. The topological polar surface area (TPSA) is 34.1 Å². The molecule has 1 aromatic carbocycles. The highest BCUT2D eigenvalue weighted by atomic mass is 79.9. The SMILES string of the molecule is COc1ccc(NCc2cccc(Br)c2)nc1. The van der Waals surface area contributed by atoms with Crippen molar-refractivity contribution >= 4 is 21.7 Å². The van der Waals surface area contributed by atoms with Crippen molar-refractivity contribution < 1.29 is 4.74 Å². The Labute approximate surface area is 109 Å². The molecule has 0 atom stereocenters. The molecule has 1 aromatic heterocycles. The number of hydrogen-bond donors (Lipinski definition) is 1. The van der Waals surface area contributed by atoms with Crippen molar-refractivity contribution in [2.24, 2.45) is 0 Å². The van der Waals surface area contributed by atoms with E-state index in [1.54, 1.807) is 13.3 Å². The predicted molar refractivity (Wildman–Crippen MR) is 72.3 cm³/mol. The van der Waals surface area contributed by atoms with E-state index in [2.05, 4.69) is 38.4 Å². The maximum Gasteiger partial charge on any atom is 0.137 e. The van der Waals surface area contributed by atoms with Crippen molar-refractivity contribution in [2.45, 2.75) is 6.54 Å². The summed E-state index contributed by atoms with van der Waals surface area (Å²) in [5, 5.41) is 3.25. The Hall–Kier alpha value is -1.55. The van der Waals surface area contributed by atoms with Gasteiger partial charge in [0, 0.05) is 11.0 Å². The molecule has 0 fully saturated rings. The summed E-state index contributed by atoms with van der Waals surface area (Å²) in [5.74, 6) is 1.60. The van der Waals surface area contributed by atoms with Gasteiger partial charge in [-0.2, -0.15) is 0 Å². The number of pyridine rings is 1. The number of methoxy groups -OCH3 is 1. The van der Waals surface area contributed by atoms with Gasteiger partial charge < -0.3 is 10.1 Å². The molecule has 0 spiro atoms. The van der Waals surface area contributed by atoms with Crippen LogP contribution in [0.3, 0.4) is 0 Å². The Balaban J connectivity index is 1.97. The van der Waals surface area contributed by atoms with Gasteiger partial charge >= 0.3 is 0 Å². The van der Waals surface area contributed by atoms with Crippen molar-refractivity contribution in [1.29, 1.82) is 0 Å². The van der Waals surface area contributed by atoms with Gasteiger partial charge in [0.25, 0.3) is 0 Å². The normalized spacial score (nSPS) is 10.0. The van der Waals surface area contributed by atoms with Crippen LogP contribution in [-0.4, -0.2) is 12.1 Å². The Kier molecular flexibility index (Phi) is 3.98. The van der Waals surface area contributed by atoms with E-state index in [0.29, 0.717) is 0 Å². The Morgan fingerprint density at radius 1 is 1.29 bits per heavy atom. The first kappa shape index (κ1) is 11.9. The summed E-state index contributed by atoms with van der Waals surface area (Å²) < 4.78 is 6.13. The number of ether oxygens (including phenoxy) is 1. The number of nitrogens with zero attached hydrogens (tertiary/aromatic N) is 1. The van der Waals surface area contributed by atoms with E-state index in [1.807, 2.05) is 24.3 Å². The van der Waals surface area contributed by atoms with Crippen molar-refractivity contribution in [1.82, 2.24) is 4.98 Å². The largest absolute Gasteiger partial charge is 0.495 e. The number of anilines is 1. The Morgan fingerprint density at radius 2 is 2.18 bits per heavy atom. The van der Waals surface area contributed by atoms with E-state index in [9.17, 15) is 0 Å². The molecule has 17 heavy (non-hydrogen) atoms. The van der Waals surface area contributed by atoms with Gasteiger partial charge in [0.05, 0.1) is 13.3 Å². The highest BCUT2D eigenvalue weighted by molar-refractivity contribution is 9.10. The van der Waals surface area contributed by atoms with E-state index < -0.39 is 0 Å². The molecule has 0 aliphatic heterocycles. The molecule has 0 bridgehead atoms. The number of nitrogens with one attached hydrogen (secondary N) is 1. The first-order valence-electron chi connectivity index (χ1n) is 5.26. The quantitative estimate of drug-likeness (QED) is 0.937. The number of hydrogen-bond acceptors (Lipinski definition) is 3. The molecule has 1 N–H and O–H groups in total. The first-order chi connectivity index (χ1) is 8.28. The van der Waals surface area contributed by atoms with Gasteiger partial charge in [0.1, 0.15) is 11.6 Å². The van der Waals surface area contributed by atoms with Crippen molar-refractivity contribution in [3.8, 4) is 5.75 Å². The molecule has 0 aliphatic rings. The van der Waals surface area contributed by atoms with Gasteiger partial charge in [-0.05, 0) is 29.8 Å². The lowest BCUT2D eigenvalue weighted by Gasteiger charge is -2.06. The minimum absolute atomic E-state index is 0.749. The van der Waals surface area contributed by atoms with Crippen LogP contribution in [0.2, 0.25) is 0 Å². The lowest BCUT2D eigenvalue weighted by Crippen LogP contribution is -2.01. The van der Waals surface area contributed by atoms with E-state index in [-0.39, 0.29) is 0 Å². The summed E-state index contributed by atoms with van der Waals surface area (Å²) in [6.45, 7) is 0.749. The Bertz CT molecular complexity index is 485. The van der Waals surface area contributed by atoms with Crippen molar-refractivity contribution in [3.05, 3.63) is 52.6 Å². The number of halogens is 1. The van der Waals surface area contributed by atoms with Crippen LogP contribution in [0.4, 0.5) is 5.82 Å². The molecule has 0 amide bonds. The molecule has 4 heteroatoms. The standard InChI is InChI=1S/C13H13BrN2O/c1-17-12-5-6-13(16-9-12)15-8-10-3-2-4-11(14)7-10/h2-7,9H,8H2,1H3,(H,15,16). The van der Waals surface area contributed by atoms with Crippen molar-refractivity contribution in [2.75, 3.05) is 12.4 Å². The monoisotopic (exact) mass is 292 g/mol. The molecule has 2 rings (SSSR count). The van der Waals surface area contributed by atoms with Gasteiger partial charge in [-0.3, -0.25) is 0 Å². The zero-order valence-electron chi connectivity index (χ0n) is 9.48. The molecule has 0 radical (unpaired) electrons. The van der Waals surface area contributed by atoms with Crippen LogP contribution in [0.25, 0.3) is 0 Å². The molecule has 88 valence electrons. The van der Waals surface area contributed by atoms with Gasteiger partial charge in [-0.25, -0.2) is 4.98 Å². The summed E-state index contributed by atoms with van der Waals surface area (Å²) in [4.78, 5) is 4.24. The van der Waals surface area contributed by atoms with E-state index >= 15 is 0 Å². The fraction of sp³-hybridized carbons (Fsp3) is 0.154.